The lowest BCUT2D eigenvalue weighted by Gasteiger charge is -2.04. The minimum atomic E-state index is -1.04. The summed E-state index contributed by atoms with van der Waals surface area (Å²) in [5, 5.41) is 16.7. The Balaban J connectivity index is 3.64. The first-order valence-corrected chi connectivity index (χ1v) is 3.02. The molecule has 0 radical (unpaired) electrons. The number of carbonyl (C=O) groups is 1. The van der Waals surface area contributed by atoms with Crippen LogP contribution in [0.4, 0.5) is 0 Å². The van der Waals surface area contributed by atoms with Gasteiger partial charge >= 0.3 is 5.97 Å². The molecule has 0 spiro atoms. The third-order valence-corrected chi connectivity index (χ3v) is 1.82. The third kappa shape index (κ3) is 2.28. The predicted molar refractivity (Wildman–Crippen MR) is 32.0 cm³/mol. The molecule has 2 atom stereocenters. The zero-order valence-electron chi connectivity index (χ0n) is 4.34. The second-order valence-corrected chi connectivity index (χ2v) is 2.47. The first-order chi connectivity index (χ1) is 3.55. The summed E-state index contributed by atoms with van der Waals surface area (Å²) in [7, 11) is 0. The molecule has 0 bridgehead atoms. The molecule has 0 aromatic heterocycles. The lowest BCUT2D eigenvalue weighted by atomic mass is 10.3. The zero-order chi connectivity index (χ0) is 6.73. The van der Waals surface area contributed by atoms with E-state index in [0.717, 1.165) is 0 Å². The van der Waals surface area contributed by atoms with E-state index in [-0.39, 0.29) is 0 Å². The van der Waals surface area contributed by atoms with Crippen LogP contribution in [0.3, 0.4) is 0 Å². The second kappa shape index (κ2) is 3.04. The summed E-state index contributed by atoms with van der Waals surface area (Å²) in [4.78, 5) is 9.09. The highest BCUT2D eigenvalue weighted by molar-refractivity contribution is 9.10. The van der Waals surface area contributed by atoms with Gasteiger partial charge in [0.15, 0.2) is 0 Å². The number of carboxylic acid groups (broad SMARTS) is 1. The molecule has 0 saturated heterocycles. The van der Waals surface area contributed by atoms with E-state index in [4.69, 9.17) is 10.2 Å². The van der Waals surface area contributed by atoms with Crippen molar-refractivity contribution in [3.05, 3.63) is 0 Å². The molecule has 0 aliphatic rings. The van der Waals surface area contributed by atoms with Gasteiger partial charge in [0.25, 0.3) is 0 Å². The quantitative estimate of drug-likeness (QED) is 0.601. The Morgan fingerprint density at radius 2 is 2.12 bits per heavy atom. The fourth-order valence-electron chi connectivity index (χ4n) is 0.206. The van der Waals surface area contributed by atoms with E-state index < -0.39 is 16.9 Å². The summed E-state index contributed by atoms with van der Waals surface area (Å²) in [6.45, 7) is 1.41. The minimum absolute atomic E-state index is 0.840. The van der Waals surface area contributed by atoms with Crippen molar-refractivity contribution in [3.63, 3.8) is 0 Å². The predicted octanol–water partition coefficient (Wildman–Crippen LogP) is 0.215. The average Bonchev–Trinajstić information content (AvgIpc) is 1.64. The summed E-state index contributed by atoms with van der Waals surface area (Å²) in [6.07, 6.45) is -0.840. The molecule has 0 aliphatic heterocycles. The van der Waals surface area contributed by atoms with Crippen molar-refractivity contribution in [2.24, 2.45) is 0 Å². The molecule has 3 nitrogen and oxygen atoms in total. The maximum Gasteiger partial charge on any atom is 0.319 e. The number of hydrogen-bond acceptors (Lipinski definition) is 2. The Bertz CT molecular complexity index is 91.3. The number of halogens is 1. The topological polar surface area (TPSA) is 57.5 Å². The number of aliphatic hydroxyl groups excluding tert-OH is 1. The van der Waals surface area contributed by atoms with E-state index in [1.165, 1.54) is 6.92 Å². The van der Waals surface area contributed by atoms with Crippen LogP contribution in [0, 0.1) is 0 Å². The van der Waals surface area contributed by atoms with Crippen LogP contribution in [-0.2, 0) is 4.79 Å². The molecule has 0 aromatic carbocycles. The van der Waals surface area contributed by atoms with Crippen LogP contribution in [0.15, 0.2) is 0 Å². The molecule has 0 rings (SSSR count). The van der Waals surface area contributed by atoms with Gasteiger partial charge in [0.1, 0.15) is 4.83 Å². The average molecular weight is 183 g/mol. The molecule has 0 unspecified atom stereocenters. The maximum atomic E-state index is 9.93. The number of aliphatic hydroxyl groups is 1. The fraction of sp³-hybridized carbons (Fsp3) is 0.750. The molecular weight excluding hydrogens is 176 g/mol. The highest BCUT2D eigenvalue weighted by atomic mass is 79.9. The zero-order valence-corrected chi connectivity index (χ0v) is 5.92. The second-order valence-electron chi connectivity index (χ2n) is 1.48. The monoisotopic (exact) mass is 182 g/mol. The SMILES string of the molecule is C[C@@H](O)[C@H](Br)C(=O)O. The molecule has 0 aromatic rings. The normalized spacial score (nSPS) is 17.4. The molecule has 48 valence electrons. The molecule has 4 heteroatoms. The van der Waals surface area contributed by atoms with Crippen LogP contribution in [-0.4, -0.2) is 27.1 Å². The van der Waals surface area contributed by atoms with E-state index in [9.17, 15) is 4.79 Å². The van der Waals surface area contributed by atoms with Gasteiger partial charge in [-0.05, 0) is 6.92 Å². The third-order valence-electron chi connectivity index (χ3n) is 0.659. The Morgan fingerprint density at radius 1 is 1.75 bits per heavy atom. The van der Waals surface area contributed by atoms with E-state index in [0.29, 0.717) is 0 Å². The first-order valence-electron chi connectivity index (χ1n) is 2.10. The molecule has 0 fully saturated rings. The lowest BCUT2D eigenvalue weighted by Crippen LogP contribution is -2.25. The lowest BCUT2D eigenvalue weighted by molar-refractivity contribution is -0.137. The number of carboxylic acids is 1. The van der Waals surface area contributed by atoms with Gasteiger partial charge in [0.05, 0.1) is 6.10 Å². The summed E-state index contributed by atoms with van der Waals surface area (Å²) in [5.74, 6) is -1.04. The summed E-state index contributed by atoms with van der Waals surface area (Å²) < 4.78 is 0. The summed E-state index contributed by atoms with van der Waals surface area (Å²) >= 11 is 2.76. The molecule has 8 heavy (non-hydrogen) atoms. The smallest absolute Gasteiger partial charge is 0.319 e. The Labute approximate surface area is 55.5 Å². The van der Waals surface area contributed by atoms with Crippen molar-refractivity contribution in [2.45, 2.75) is 17.9 Å². The maximum absolute atomic E-state index is 9.93. The number of hydrogen-bond donors (Lipinski definition) is 2. The van der Waals surface area contributed by atoms with Gasteiger partial charge < -0.3 is 10.2 Å². The standard InChI is InChI=1S/C4H7BrO3/c1-2(6)3(5)4(7)8/h2-3,6H,1H3,(H,7,8)/t2-,3+/m1/s1. The van der Waals surface area contributed by atoms with Crippen LogP contribution in [0.1, 0.15) is 6.92 Å². The van der Waals surface area contributed by atoms with Gasteiger partial charge in [-0.25, -0.2) is 0 Å². The largest absolute Gasteiger partial charge is 0.480 e. The van der Waals surface area contributed by atoms with Crippen LogP contribution < -0.4 is 0 Å². The molecule has 2 N–H and O–H groups in total. The first kappa shape index (κ1) is 7.91. The van der Waals surface area contributed by atoms with Gasteiger partial charge in [0, 0.05) is 0 Å². The van der Waals surface area contributed by atoms with Gasteiger partial charge in [0.2, 0.25) is 0 Å². The molecule has 0 saturated carbocycles. The van der Waals surface area contributed by atoms with E-state index >= 15 is 0 Å². The van der Waals surface area contributed by atoms with Gasteiger partial charge in [-0.15, -0.1) is 0 Å². The highest BCUT2D eigenvalue weighted by Gasteiger charge is 2.17. The van der Waals surface area contributed by atoms with E-state index in [1.54, 1.807) is 0 Å². The Hall–Kier alpha value is -0.0900. The number of rotatable bonds is 2. The van der Waals surface area contributed by atoms with Crippen molar-refractivity contribution < 1.29 is 15.0 Å². The fourth-order valence-corrected chi connectivity index (χ4v) is 0.206. The van der Waals surface area contributed by atoms with Crippen molar-refractivity contribution in [1.82, 2.24) is 0 Å². The summed E-state index contributed by atoms with van der Waals surface area (Å²) in [5.41, 5.74) is 0. The highest BCUT2D eigenvalue weighted by Crippen LogP contribution is 2.03. The molecule has 0 aliphatic carbocycles. The molecule has 0 amide bonds. The van der Waals surface area contributed by atoms with Crippen LogP contribution in [0.2, 0.25) is 0 Å². The van der Waals surface area contributed by atoms with Crippen LogP contribution in [0.25, 0.3) is 0 Å². The van der Waals surface area contributed by atoms with E-state index in [1.807, 2.05) is 0 Å². The number of aliphatic carboxylic acids is 1. The van der Waals surface area contributed by atoms with Crippen molar-refractivity contribution >= 4 is 21.9 Å². The Morgan fingerprint density at radius 3 is 2.12 bits per heavy atom. The number of alkyl halides is 1. The van der Waals surface area contributed by atoms with Crippen LogP contribution >= 0.6 is 15.9 Å². The van der Waals surface area contributed by atoms with Crippen molar-refractivity contribution in [1.29, 1.82) is 0 Å². The van der Waals surface area contributed by atoms with E-state index in [2.05, 4.69) is 15.9 Å². The summed E-state index contributed by atoms with van der Waals surface area (Å²) in [6, 6.07) is 0. The molecule has 0 heterocycles. The van der Waals surface area contributed by atoms with Gasteiger partial charge in [-0.2, -0.15) is 0 Å². The van der Waals surface area contributed by atoms with Gasteiger partial charge in [-0.3, -0.25) is 4.79 Å². The molecular formula is C4H7BrO3. The Kier molecular flexibility index (Phi) is 3.01. The van der Waals surface area contributed by atoms with Gasteiger partial charge in [-0.1, -0.05) is 15.9 Å². The van der Waals surface area contributed by atoms with Crippen LogP contribution in [0.5, 0.6) is 0 Å². The van der Waals surface area contributed by atoms with Crippen molar-refractivity contribution in [3.8, 4) is 0 Å². The van der Waals surface area contributed by atoms with Crippen molar-refractivity contribution in [2.75, 3.05) is 0 Å². The minimum Gasteiger partial charge on any atom is -0.480 e.